The van der Waals surface area contributed by atoms with Crippen LogP contribution in [-0.2, 0) is 6.54 Å². The number of anilines is 1. The number of nitrogens with zero attached hydrogens (tertiary/aromatic N) is 2. The molecule has 2 N–H and O–H groups in total. The molecule has 0 aromatic carbocycles. The third-order valence-corrected chi connectivity index (χ3v) is 3.22. The van der Waals surface area contributed by atoms with E-state index in [4.69, 9.17) is 4.42 Å². The molecule has 2 atom stereocenters. The van der Waals surface area contributed by atoms with Crippen LogP contribution in [0.5, 0.6) is 0 Å². The van der Waals surface area contributed by atoms with E-state index in [0.29, 0.717) is 30.4 Å². The van der Waals surface area contributed by atoms with Crippen molar-refractivity contribution >= 4 is 6.01 Å². The fourth-order valence-electron chi connectivity index (χ4n) is 2.22. The smallest absolute Gasteiger partial charge is 0.315 e. The number of aromatic nitrogens is 2. The van der Waals surface area contributed by atoms with Crippen LogP contribution in [-0.4, -0.2) is 23.3 Å². The summed E-state index contributed by atoms with van der Waals surface area (Å²) in [5.74, 6) is 1.32. The van der Waals surface area contributed by atoms with E-state index >= 15 is 0 Å². The molecule has 0 amide bonds. The highest BCUT2D eigenvalue weighted by Gasteiger charge is 2.22. The highest BCUT2D eigenvalue weighted by atomic mass is 16.4. The van der Waals surface area contributed by atoms with Crippen LogP contribution in [0.3, 0.4) is 0 Å². The van der Waals surface area contributed by atoms with Crippen LogP contribution in [0.4, 0.5) is 6.01 Å². The van der Waals surface area contributed by atoms with E-state index < -0.39 is 0 Å². The van der Waals surface area contributed by atoms with Crippen LogP contribution < -0.4 is 10.6 Å². The summed E-state index contributed by atoms with van der Waals surface area (Å²) >= 11 is 0. The summed E-state index contributed by atoms with van der Waals surface area (Å²) in [6, 6.07) is 1.04. The molecule has 5 nitrogen and oxygen atoms in total. The van der Waals surface area contributed by atoms with E-state index in [-0.39, 0.29) is 0 Å². The highest BCUT2D eigenvalue weighted by Crippen LogP contribution is 2.26. The maximum atomic E-state index is 5.48. The molecule has 2 unspecified atom stereocenters. The minimum atomic E-state index is 0.483. The van der Waals surface area contributed by atoms with Crippen LogP contribution >= 0.6 is 0 Å². The van der Waals surface area contributed by atoms with Gasteiger partial charge in [-0.3, -0.25) is 0 Å². The van der Waals surface area contributed by atoms with Gasteiger partial charge in [0.25, 0.3) is 0 Å². The predicted octanol–water partition coefficient (Wildman–Crippen LogP) is 1.78. The van der Waals surface area contributed by atoms with Gasteiger partial charge in [0.05, 0.1) is 6.54 Å². The molecular formula is C11H20N4O. The third-order valence-electron chi connectivity index (χ3n) is 3.22. The maximum absolute atomic E-state index is 5.48. The second-order valence-electron chi connectivity index (χ2n) is 4.54. The molecule has 2 rings (SSSR count). The van der Waals surface area contributed by atoms with Crippen LogP contribution in [0.25, 0.3) is 0 Å². The van der Waals surface area contributed by atoms with Crippen molar-refractivity contribution in [2.24, 2.45) is 5.92 Å². The molecular weight excluding hydrogens is 204 g/mol. The molecule has 0 saturated heterocycles. The molecule has 1 heterocycles. The summed E-state index contributed by atoms with van der Waals surface area (Å²) < 4.78 is 5.48. The Kier molecular flexibility index (Phi) is 3.77. The Hall–Kier alpha value is -1.10. The fraction of sp³-hybridized carbons (Fsp3) is 0.818. The summed E-state index contributed by atoms with van der Waals surface area (Å²) in [5.41, 5.74) is 0. The van der Waals surface area contributed by atoms with Gasteiger partial charge in [0.15, 0.2) is 0 Å². The summed E-state index contributed by atoms with van der Waals surface area (Å²) in [6.45, 7) is 2.90. The van der Waals surface area contributed by atoms with Crippen molar-refractivity contribution in [3.8, 4) is 0 Å². The van der Waals surface area contributed by atoms with Gasteiger partial charge in [-0.25, -0.2) is 0 Å². The third kappa shape index (κ3) is 2.72. The van der Waals surface area contributed by atoms with Crippen molar-refractivity contribution in [3.63, 3.8) is 0 Å². The largest absolute Gasteiger partial charge is 0.407 e. The molecule has 1 aromatic rings. The number of hydrogen-bond acceptors (Lipinski definition) is 5. The Morgan fingerprint density at radius 3 is 2.88 bits per heavy atom. The molecule has 0 aliphatic heterocycles. The molecule has 0 spiro atoms. The van der Waals surface area contributed by atoms with E-state index in [9.17, 15) is 0 Å². The van der Waals surface area contributed by atoms with Gasteiger partial charge in [0.2, 0.25) is 5.89 Å². The van der Waals surface area contributed by atoms with Gasteiger partial charge < -0.3 is 15.1 Å². The minimum absolute atomic E-state index is 0.483. The summed E-state index contributed by atoms with van der Waals surface area (Å²) in [7, 11) is 1.86. The molecule has 1 saturated carbocycles. The first-order valence-electron chi connectivity index (χ1n) is 6.03. The second kappa shape index (κ2) is 5.30. The van der Waals surface area contributed by atoms with E-state index in [1.807, 2.05) is 7.05 Å². The normalized spacial score (nSPS) is 25.6. The minimum Gasteiger partial charge on any atom is -0.407 e. The van der Waals surface area contributed by atoms with E-state index in [2.05, 4.69) is 27.8 Å². The highest BCUT2D eigenvalue weighted by molar-refractivity contribution is 5.20. The van der Waals surface area contributed by atoms with Crippen molar-refractivity contribution in [2.45, 2.75) is 45.2 Å². The van der Waals surface area contributed by atoms with E-state index in [0.717, 1.165) is 0 Å². The van der Waals surface area contributed by atoms with Gasteiger partial charge >= 0.3 is 6.01 Å². The van der Waals surface area contributed by atoms with Gasteiger partial charge in [0, 0.05) is 6.04 Å². The molecule has 1 aliphatic rings. The van der Waals surface area contributed by atoms with Gasteiger partial charge in [-0.1, -0.05) is 24.9 Å². The van der Waals surface area contributed by atoms with E-state index in [1.54, 1.807) is 0 Å². The Balaban J connectivity index is 1.91. The maximum Gasteiger partial charge on any atom is 0.315 e. The predicted molar refractivity (Wildman–Crippen MR) is 62.1 cm³/mol. The number of nitrogens with one attached hydrogen (secondary N) is 2. The van der Waals surface area contributed by atoms with Crippen molar-refractivity contribution in [3.05, 3.63) is 5.89 Å². The zero-order valence-electron chi connectivity index (χ0n) is 9.99. The second-order valence-corrected chi connectivity index (χ2v) is 4.54. The Morgan fingerprint density at radius 2 is 2.12 bits per heavy atom. The van der Waals surface area contributed by atoms with Crippen LogP contribution in [0.2, 0.25) is 0 Å². The quantitative estimate of drug-likeness (QED) is 0.816. The Morgan fingerprint density at radius 1 is 1.31 bits per heavy atom. The lowest BCUT2D eigenvalue weighted by atomic mass is 9.86. The lowest BCUT2D eigenvalue weighted by Gasteiger charge is -2.28. The van der Waals surface area contributed by atoms with E-state index in [1.165, 1.54) is 25.7 Å². The molecule has 0 bridgehead atoms. The summed E-state index contributed by atoms with van der Waals surface area (Å²) in [4.78, 5) is 0. The average molecular weight is 224 g/mol. The Labute approximate surface area is 96.0 Å². The zero-order valence-corrected chi connectivity index (χ0v) is 9.99. The van der Waals surface area contributed by atoms with Gasteiger partial charge in [-0.05, 0) is 25.8 Å². The monoisotopic (exact) mass is 224 g/mol. The first kappa shape index (κ1) is 11.4. The summed E-state index contributed by atoms with van der Waals surface area (Å²) in [6.07, 6.45) is 5.12. The molecule has 1 aliphatic carbocycles. The van der Waals surface area contributed by atoms with Crippen molar-refractivity contribution in [2.75, 3.05) is 12.4 Å². The van der Waals surface area contributed by atoms with Crippen LogP contribution in [0.1, 0.15) is 38.5 Å². The molecule has 16 heavy (non-hydrogen) atoms. The Bertz CT molecular complexity index is 326. The van der Waals surface area contributed by atoms with Crippen molar-refractivity contribution in [1.82, 2.24) is 15.5 Å². The first-order chi connectivity index (χ1) is 7.79. The van der Waals surface area contributed by atoms with Crippen LogP contribution in [0, 0.1) is 5.92 Å². The zero-order chi connectivity index (χ0) is 11.4. The first-order valence-corrected chi connectivity index (χ1v) is 6.03. The molecule has 1 fully saturated rings. The van der Waals surface area contributed by atoms with Crippen LogP contribution in [0.15, 0.2) is 4.42 Å². The molecule has 0 radical (unpaired) electrons. The number of rotatable bonds is 4. The van der Waals surface area contributed by atoms with Gasteiger partial charge in [0.1, 0.15) is 0 Å². The average Bonchev–Trinajstić information content (AvgIpc) is 2.70. The molecule has 5 heteroatoms. The fourth-order valence-corrected chi connectivity index (χ4v) is 2.22. The van der Waals surface area contributed by atoms with Crippen molar-refractivity contribution < 1.29 is 4.42 Å². The SMILES string of the molecule is CNCc1nnc(NC2CCCCC2C)o1. The lowest BCUT2D eigenvalue weighted by Crippen LogP contribution is -2.30. The van der Waals surface area contributed by atoms with Gasteiger partial charge in [-0.15, -0.1) is 5.10 Å². The standard InChI is InChI=1S/C11H20N4O/c1-8-5-3-4-6-9(8)13-11-15-14-10(16-11)7-12-2/h8-9,12H,3-7H2,1-2H3,(H,13,15). The molecule has 90 valence electrons. The van der Waals surface area contributed by atoms with Crippen molar-refractivity contribution in [1.29, 1.82) is 0 Å². The summed E-state index contributed by atoms with van der Waals surface area (Å²) in [5, 5.41) is 14.3. The van der Waals surface area contributed by atoms with Gasteiger partial charge in [-0.2, -0.15) is 0 Å². The number of hydrogen-bond donors (Lipinski definition) is 2. The lowest BCUT2D eigenvalue weighted by molar-refractivity contribution is 0.341. The molecule has 1 aromatic heterocycles. The topological polar surface area (TPSA) is 63.0 Å².